The van der Waals surface area contributed by atoms with Gasteiger partial charge in [-0.05, 0) is 44.0 Å². The molecule has 0 aromatic heterocycles. The summed E-state index contributed by atoms with van der Waals surface area (Å²) in [7, 11) is 1.85. The van der Waals surface area contributed by atoms with Crippen LogP contribution in [0.3, 0.4) is 0 Å². The molecule has 116 valence electrons. The van der Waals surface area contributed by atoms with Gasteiger partial charge in [-0.1, -0.05) is 25.1 Å². The van der Waals surface area contributed by atoms with Crippen LogP contribution in [0.1, 0.15) is 19.8 Å². The lowest BCUT2D eigenvalue weighted by atomic mass is 9.99. The lowest BCUT2D eigenvalue weighted by Crippen LogP contribution is -2.42. The summed E-state index contributed by atoms with van der Waals surface area (Å²) in [6.07, 6.45) is 2.40. The lowest BCUT2D eigenvalue weighted by Gasteiger charge is -2.30. The standard InChI is InChI=1S/C17H26N2O2/c1-15-8-10-19(11-9-15)14-17(20)18(2)12-13-21-16-6-4-3-5-7-16/h3-7,15H,8-14H2,1-2H3. The Labute approximate surface area is 127 Å². The van der Waals surface area contributed by atoms with Gasteiger partial charge in [-0.2, -0.15) is 0 Å². The van der Waals surface area contributed by atoms with Crippen molar-refractivity contribution in [3.05, 3.63) is 30.3 Å². The van der Waals surface area contributed by atoms with Gasteiger partial charge in [-0.25, -0.2) is 0 Å². The minimum Gasteiger partial charge on any atom is -0.492 e. The average molecular weight is 290 g/mol. The van der Waals surface area contributed by atoms with Gasteiger partial charge in [0, 0.05) is 7.05 Å². The van der Waals surface area contributed by atoms with E-state index in [2.05, 4.69) is 11.8 Å². The van der Waals surface area contributed by atoms with Crippen LogP contribution in [0.15, 0.2) is 30.3 Å². The van der Waals surface area contributed by atoms with Crippen LogP contribution in [-0.4, -0.2) is 55.5 Å². The molecule has 1 saturated heterocycles. The zero-order valence-electron chi connectivity index (χ0n) is 13.1. The molecule has 2 rings (SSSR count). The van der Waals surface area contributed by atoms with Crippen LogP contribution in [0.2, 0.25) is 0 Å². The van der Waals surface area contributed by atoms with Crippen molar-refractivity contribution in [3.8, 4) is 5.75 Å². The van der Waals surface area contributed by atoms with Gasteiger partial charge in [0.2, 0.25) is 5.91 Å². The second-order valence-electron chi connectivity index (χ2n) is 5.94. The average Bonchev–Trinajstić information content (AvgIpc) is 2.50. The summed E-state index contributed by atoms with van der Waals surface area (Å²) in [6, 6.07) is 9.71. The van der Waals surface area contributed by atoms with E-state index in [1.54, 1.807) is 4.90 Å². The van der Waals surface area contributed by atoms with E-state index in [0.717, 1.165) is 24.8 Å². The fourth-order valence-corrected chi connectivity index (χ4v) is 2.47. The third kappa shape index (κ3) is 5.38. The van der Waals surface area contributed by atoms with Gasteiger partial charge >= 0.3 is 0 Å². The van der Waals surface area contributed by atoms with Gasteiger partial charge in [0.1, 0.15) is 12.4 Å². The maximum atomic E-state index is 12.2. The Bertz CT molecular complexity index is 428. The highest BCUT2D eigenvalue weighted by atomic mass is 16.5. The zero-order chi connectivity index (χ0) is 15.1. The van der Waals surface area contributed by atoms with E-state index in [-0.39, 0.29) is 5.91 Å². The summed E-state index contributed by atoms with van der Waals surface area (Å²) in [6.45, 7) is 6.06. The molecule has 21 heavy (non-hydrogen) atoms. The van der Waals surface area contributed by atoms with Crippen LogP contribution in [0, 0.1) is 5.92 Å². The minimum absolute atomic E-state index is 0.182. The van der Waals surface area contributed by atoms with E-state index in [1.807, 2.05) is 37.4 Å². The summed E-state index contributed by atoms with van der Waals surface area (Å²) in [5.41, 5.74) is 0. The molecule has 1 fully saturated rings. The first-order chi connectivity index (χ1) is 10.1. The number of para-hydroxylation sites is 1. The third-order valence-corrected chi connectivity index (χ3v) is 4.10. The van der Waals surface area contributed by atoms with Gasteiger partial charge in [0.15, 0.2) is 0 Å². The number of ether oxygens (including phenoxy) is 1. The van der Waals surface area contributed by atoms with Crippen LogP contribution in [-0.2, 0) is 4.79 Å². The summed E-state index contributed by atoms with van der Waals surface area (Å²) in [5, 5.41) is 0. The van der Waals surface area contributed by atoms with Crippen LogP contribution in [0.25, 0.3) is 0 Å². The number of hydrogen-bond donors (Lipinski definition) is 0. The quantitative estimate of drug-likeness (QED) is 0.805. The van der Waals surface area contributed by atoms with Gasteiger partial charge in [-0.15, -0.1) is 0 Å². The first-order valence-electron chi connectivity index (χ1n) is 7.79. The van der Waals surface area contributed by atoms with E-state index >= 15 is 0 Å². The molecule has 0 atom stereocenters. The Balaban J connectivity index is 1.65. The molecule has 0 unspecified atom stereocenters. The Kier molecular flexibility index (Phi) is 6.05. The molecule has 4 nitrogen and oxygen atoms in total. The highest BCUT2D eigenvalue weighted by Crippen LogP contribution is 2.15. The molecule has 1 aromatic rings. The number of amides is 1. The second-order valence-corrected chi connectivity index (χ2v) is 5.94. The van der Waals surface area contributed by atoms with Gasteiger partial charge in [-0.3, -0.25) is 9.69 Å². The summed E-state index contributed by atoms with van der Waals surface area (Å²) >= 11 is 0. The summed E-state index contributed by atoms with van der Waals surface area (Å²) < 4.78 is 5.62. The molecule has 1 aromatic carbocycles. The third-order valence-electron chi connectivity index (χ3n) is 4.10. The van der Waals surface area contributed by atoms with E-state index in [0.29, 0.717) is 19.7 Å². The van der Waals surface area contributed by atoms with Crippen molar-refractivity contribution in [2.45, 2.75) is 19.8 Å². The number of piperidine rings is 1. The molecule has 1 aliphatic heterocycles. The van der Waals surface area contributed by atoms with Crippen molar-refractivity contribution in [2.75, 3.05) is 39.8 Å². The number of hydrogen-bond acceptors (Lipinski definition) is 3. The van der Waals surface area contributed by atoms with E-state index in [9.17, 15) is 4.79 Å². The molecular weight excluding hydrogens is 264 g/mol. The highest BCUT2D eigenvalue weighted by Gasteiger charge is 2.19. The number of rotatable bonds is 6. The molecule has 1 aliphatic rings. The van der Waals surface area contributed by atoms with E-state index in [4.69, 9.17) is 4.74 Å². The number of carbonyl (C=O) groups excluding carboxylic acids is 1. The predicted octanol–water partition coefficient (Wildman–Crippen LogP) is 2.26. The molecule has 0 spiro atoms. The van der Waals surface area contributed by atoms with E-state index < -0.39 is 0 Å². The van der Waals surface area contributed by atoms with Gasteiger partial charge in [0.25, 0.3) is 0 Å². The van der Waals surface area contributed by atoms with Crippen molar-refractivity contribution in [2.24, 2.45) is 5.92 Å². The number of likely N-dealkylation sites (N-methyl/N-ethyl adjacent to an activating group) is 1. The highest BCUT2D eigenvalue weighted by molar-refractivity contribution is 5.78. The fourth-order valence-electron chi connectivity index (χ4n) is 2.47. The predicted molar refractivity (Wildman–Crippen MR) is 84.4 cm³/mol. The Morgan fingerprint density at radius 1 is 1.29 bits per heavy atom. The molecular formula is C17H26N2O2. The van der Waals surface area contributed by atoms with Crippen molar-refractivity contribution in [3.63, 3.8) is 0 Å². The maximum absolute atomic E-state index is 12.2. The largest absolute Gasteiger partial charge is 0.492 e. The zero-order valence-corrected chi connectivity index (χ0v) is 13.1. The summed E-state index contributed by atoms with van der Waals surface area (Å²) in [4.78, 5) is 16.2. The second kappa shape index (κ2) is 8.03. The monoisotopic (exact) mass is 290 g/mol. The molecule has 0 aliphatic carbocycles. The Morgan fingerprint density at radius 3 is 2.62 bits per heavy atom. The van der Waals surface area contributed by atoms with Gasteiger partial charge in [0.05, 0.1) is 13.1 Å². The van der Waals surface area contributed by atoms with Crippen molar-refractivity contribution in [1.82, 2.24) is 9.80 Å². The van der Waals surface area contributed by atoms with Gasteiger partial charge < -0.3 is 9.64 Å². The number of carbonyl (C=O) groups is 1. The molecule has 0 saturated carbocycles. The topological polar surface area (TPSA) is 32.8 Å². The molecule has 0 bridgehead atoms. The molecule has 1 amide bonds. The smallest absolute Gasteiger partial charge is 0.236 e. The van der Waals surface area contributed by atoms with Crippen LogP contribution >= 0.6 is 0 Å². The molecule has 0 N–H and O–H groups in total. The normalized spacial score (nSPS) is 16.7. The number of benzene rings is 1. The van der Waals surface area contributed by atoms with Crippen LogP contribution in [0.5, 0.6) is 5.75 Å². The summed E-state index contributed by atoms with van der Waals surface area (Å²) in [5.74, 6) is 1.83. The van der Waals surface area contributed by atoms with Crippen LogP contribution < -0.4 is 4.74 Å². The van der Waals surface area contributed by atoms with Crippen molar-refractivity contribution in [1.29, 1.82) is 0 Å². The number of likely N-dealkylation sites (tertiary alicyclic amines) is 1. The minimum atomic E-state index is 0.182. The Hall–Kier alpha value is -1.55. The SMILES string of the molecule is CC1CCN(CC(=O)N(C)CCOc2ccccc2)CC1. The van der Waals surface area contributed by atoms with E-state index in [1.165, 1.54) is 12.8 Å². The van der Waals surface area contributed by atoms with Crippen molar-refractivity contribution >= 4 is 5.91 Å². The molecule has 4 heteroatoms. The number of nitrogens with zero attached hydrogens (tertiary/aromatic N) is 2. The van der Waals surface area contributed by atoms with Crippen molar-refractivity contribution < 1.29 is 9.53 Å². The maximum Gasteiger partial charge on any atom is 0.236 e. The van der Waals surface area contributed by atoms with Crippen LogP contribution in [0.4, 0.5) is 0 Å². The fraction of sp³-hybridized carbons (Fsp3) is 0.588. The molecule has 1 heterocycles. The first-order valence-corrected chi connectivity index (χ1v) is 7.79. The Morgan fingerprint density at radius 2 is 1.95 bits per heavy atom. The lowest BCUT2D eigenvalue weighted by molar-refractivity contribution is -0.131. The molecule has 0 radical (unpaired) electrons. The first kappa shape index (κ1) is 15.8.